The van der Waals surface area contributed by atoms with Gasteiger partial charge in [-0.25, -0.2) is 4.68 Å². The van der Waals surface area contributed by atoms with Crippen LogP contribution in [0.4, 0.5) is 0 Å². The van der Waals surface area contributed by atoms with E-state index in [1.165, 1.54) is 10.7 Å². The van der Waals surface area contributed by atoms with E-state index in [1.807, 2.05) is 30.3 Å². The van der Waals surface area contributed by atoms with Crippen LogP contribution in [-0.4, -0.2) is 39.6 Å². The van der Waals surface area contributed by atoms with Crippen LogP contribution in [0.2, 0.25) is 0 Å². The molecule has 26 heavy (non-hydrogen) atoms. The Labute approximate surface area is 151 Å². The van der Waals surface area contributed by atoms with E-state index in [4.69, 9.17) is 5.73 Å². The van der Waals surface area contributed by atoms with Crippen LogP contribution in [0, 0.1) is 5.92 Å². The molecule has 1 aliphatic rings. The van der Waals surface area contributed by atoms with Gasteiger partial charge in [-0.2, -0.15) is 5.10 Å². The van der Waals surface area contributed by atoms with Gasteiger partial charge < -0.3 is 10.6 Å². The van der Waals surface area contributed by atoms with Crippen molar-refractivity contribution in [2.75, 3.05) is 13.1 Å². The fourth-order valence-electron chi connectivity index (χ4n) is 3.22. The summed E-state index contributed by atoms with van der Waals surface area (Å²) in [5, 5.41) is 4.38. The van der Waals surface area contributed by atoms with Crippen LogP contribution in [-0.2, 0) is 9.59 Å². The molecule has 1 aliphatic heterocycles. The lowest BCUT2D eigenvalue weighted by atomic mass is 9.96. The molecule has 1 fully saturated rings. The predicted molar refractivity (Wildman–Crippen MR) is 97.1 cm³/mol. The van der Waals surface area contributed by atoms with Crippen LogP contribution < -0.4 is 11.3 Å². The average Bonchev–Trinajstić information content (AvgIpc) is 2.68. The highest BCUT2D eigenvalue weighted by molar-refractivity contribution is 5.81. The molecule has 0 aliphatic carbocycles. The Morgan fingerprint density at radius 3 is 2.38 bits per heavy atom. The van der Waals surface area contributed by atoms with Crippen LogP contribution in [0.25, 0.3) is 11.3 Å². The summed E-state index contributed by atoms with van der Waals surface area (Å²) in [6, 6.07) is 11.9. The number of aromatic nitrogens is 2. The summed E-state index contributed by atoms with van der Waals surface area (Å²) < 4.78 is 1.23. The highest BCUT2D eigenvalue weighted by atomic mass is 16.2. The molecule has 0 radical (unpaired) electrons. The Bertz CT molecular complexity index is 855. The van der Waals surface area contributed by atoms with E-state index in [2.05, 4.69) is 5.10 Å². The number of hydrogen-bond acceptors (Lipinski definition) is 4. The van der Waals surface area contributed by atoms with Crippen molar-refractivity contribution >= 4 is 11.8 Å². The number of primary amides is 1. The monoisotopic (exact) mass is 354 g/mol. The molecule has 1 saturated heterocycles. The first-order chi connectivity index (χ1) is 12.5. The number of nitrogens with two attached hydrogens (primary N) is 1. The molecular formula is C19H22N4O3. The van der Waals surface area contributed by atoms with Crippen molar-refractivity contribution in [2.24, 2.45) is 11.7 Å². The van der Waals surface area contributed by atoms with Gasteiger partial charge in [-0.3, -0.25) is 14.4 Å². The molecule has 2 N–H and O–H groups in total. The molecule has 0 saturated carbocycles. The van der Waals surface area contributed by atoms with E-state index in [9.17, 15) is 14.4 Å². The molecule has 2 heterocycles. The third-order valence-electron chi connectivity index (χ3n) is 4.83. The second-order valence-electron chi connectivity index (χ2n) is 6.55. The molecule has 1 aromatic carbocycles. The molecule has 1 atom stereocenters. The van der Waals surface area contributed by atoms with Crippen molar-refractivity contribution in [1.82, 2.24) is 14.7 Å². The van der Waals surface area contributed by atoms with E-state index < -0.39 is 6.04 Å². The maximum absolute atomic E-state index is 12.8. The van der Waals surface area contributed by atoms with Gasteiger partial charge in [0.1, 0.15) is 6.04 Å². The minimum Gasteiger partial charge on any atom is -0.369 e. The predicted octanol–water partition coefficient (Wildman–Crippen LogP) is 1.20. The number of rotatable bonds is 4. The Balaban J connectivity index is 1.79. The van der Waals surface area contributed by atoms with E-state index >= 15 is 0 Å². The van der Waals surface area contributed by atoms with E-state index in [1.54, 1.807) is 17.9 Å². The third-order valence-corrected chi connectivity index (χ3v) is 4.83. The zero-order valence-electron chi connectivity index (χ0n) is 14.7. The molecule has 2 amide bonds. The van der Waals surface area contributed by atoms with Crippen molar-refractivity contribution in [1.29, 1.82) is 0 Å². The van der Waals surface area contributed by atoms with Gasteiger partial charge in [0.25, 0.3) is 5.56 Å². The molecule has 1 unspecified atom stereocenters. The molecule has 3 rings (SSSR count). The Kier molecular flexibility index (Phi) is 5.16. The van der Waals surface area contributed by atoms with Crippen LogP contribution in [0.3, 0.4) is 0 Å². The number of benzene rings is 1. The maximum atomic E-state index is 12.8. The zero-order valence-corrected chi connectivity index (χ0v) is 14.7. The Morgan fingerprint density at radius 2 is 1.77 bits per heavy atom. The molecular weight excluding hydrogens is 332 g/mol. The zero-order chi connectivity index (χ0) is 18.7. The van der Waals surface area contributed by atoms with Gasteiger partial charge in [0.15, 0.2) is 0 Å². The highest BCUT2D eigenvalue weighted by Crippen LogP contribution is 2.20. The maximum Gasteiger partial charge on any atom is 0.267 e. The quantitative estimate of drug-likeness (QED) is 0.892. The molecule has 136 valence electrons. The number of amides is 2. The van der Waals surface area contributed by atoms with Crippen LogP contribution in [0.15, 0.2) is 47.3 Å². The molecule has 7 heteroatoms. The lowest BCUT2D eigenvalue weighted by Gasteiger charge is -2.32. The van der Waals surface area contributed by atoms with Gasteiger partial charge in [-0.05, 0) is 25.8 Å². The number of hydrogen-bond donors (Lipinski definition) is 1. The molecule has 7 nitrogen and oxygen atoms in total. The lowest BCUT2D eigenvalue weighted by Crippen LogP contribution is -2.45. The Morgan fingerprint density at radius 1 is 1.12 bits per heavy atom. The van der Waals surface area contributed by atoms with Gasteiger partial charge in [-0.15, -0.1) is 0 Å². The molecule has 0 spiro atoms. The van der Waals surface area contributed by atoms with E-state index in [0.717, 1.165) is 5.56 Å². The van der Waals surface area contributed by atoms with E-state index in [0.29, 0.717) is 31.6 Å². The smallest absolute Gasteiger partial charge is 0.267 e. The number of piperidine rings is 1. The van der Waals surface area contributed by atoms with Crippen molar-refractivity contribution in [3.05, 3.63) is 52.8 Å². The number of likely N-dealkylation sites (tertiary alicyclic amines) is 1. The normalized spacial score (nSPS) is 16.3. The second-order valence-corrected chi connectivity index (χ2v) is 6.55. The summed E-state index contributed by atoms with van der Waals surface area (Å²) in [5.41, 5.74) is 6.53. The van der Waals surface area contributed by atoms with Crippen molar-refractivity contribution in [2.45, 2.75) is 25.8 Å². The molecule has 0 bridgehead atoms. The van der Waals surface area contributed by atoms with Crippen molar-refractivity contribution in [3.8, 4) is 11.3 Å². The summed E-state index contributed by atoms with van der Waals surface area (Å²) in [5.74, 6) is -0.678. The van der Waals surface area contributed by atoms with E-state index in [-0.39, 0.29) is 23.3 Å². The largest absolute Gasteiger partial charge is 0.369 e. The second kappa shape index (κ2) is 7.51. The van der Waals surface area contributed by atoms with Crippen molar-refractivity contribution < 1.29 is 9.59 Å². The van der Waals surface area contributed by atoms with Gasteiger partial charge in [-0.1, -0.05) is 30.3 Å². The molecule has 2 aromatic rings. The van der Waals surface area contributed by atoms with Crippen molar-refractivity contribution in [3.63, 3.8) is 0 Å². The first-order valence-corrected chi connectivity index (χ1v) is 8.71. The Hall–Kier alpha value is -2.96. The number of nitrogens with zero attached hydrogens (tertiary/aromatic N) is 3. The topological polar surface area (TPSA) is 98.3 Å². The minimum atomic E-state index is -0.712. The van der Waals surface area contributed by atoms with Crippen LogP contribution in [0.5, 0.6) is 0 Å². The van der Waals surface area contributed by atoms with Crippen LogP contribution >= 0.6 is 0 Å². The number of carbonyl (C=O) groups is 2. The summed E-state index contributed by atoms with van der Waals surface area (Å²) in [6.07, 6.45) is 1.11. The minimum absolute atomic E-state index is 0.173. The number of carbonyl (C=O) groups excluding carboxylic acids is 2. The summed E-state index contributed by atoms with van der Waals surface area (Å²) in [6.45, 7) is 2.60. The first-order valence-electron chi connectivity index (χ1n) is 8.71. The van der Waals surface area contributed by atoms with Gasteiger partial charge in [0.05, 0.1) is 5.69 Å². The average molecular weight is 354 g/mol. The first kappa shape index (κ1) is 17.8. The summed E-state index contributed by atoms with van der Waals surface area (Å²) in [7, 11) is 0. The van der Waals surface area contributed by atoms with Gasteiger partial charge >= 0.3 is 0 Å². The lowest BCUT2D eigenvalue weighted by molar-refractivity contribution is -0.137. The molecule has 1 aromatic heterocycles. The summed E-state index contributed by atoms with van der Waals surface area (Å²) in [4.78, 5) is 38.0. The van der Waals surface area contributed by atoms with Gasteiger partial charge in [0.2, 0.25) is 11.8 Å². The standard InChI is InChI=1S/C19H22N4O3/c1-13(19(26)22-11-9-15(10-12-22)18(20)25)23-17(24)8-7-16(21-23)14-5-3-2-4-6-14/h2-8,13,15H,9-12H2,1H3,(H2,20,25). The third kappa shape index (κ3) is 3.66. The van der Waals surface area contributed by atoms with Crippen LogP contribution in [0.1, 0.15) is 25.8 Å². The van der Waals surface area contributed by atoms with Gasteiger partial charge in [0, 0.05) is 30.6 Å². The summed E-state index contributed by atoms with van der Waals surface area (Å²) >= 11 is 0. The fourth-order valence-corrected chi connectivity index (χ4v) is 3.22. The fraction of sp³-hybridized carbons (Fsp3) is 0.368. The highest BCUT2D eigenvalue weighted by Gasteiger charge is 2.29. The SMILES string of the molecule is CC(C(=O)N1CCC(C(N)=O)CC1)n1nc(-c2ccccc2)ccc1=O.